The van der Waals surface area contributed by atoms with Crippen molar-refractivity contribution in [3.8, 4) is 5.88 Å². The van der Waals surface area contributed by atoms with Crippen LogP contribution < -0.4 is 4.74 Å². The van der Waals surface area contributed by atoms with E-state index in [1.807, 2.05) is 12.1 Å². The number of pyridine rings is 1. The summed E-state index contributed by atoms with van der Waals surface area (Å²) in [4.78, 5) is 4.41. The fourth-order valence-corrected chi connectivity index (χ4v) is 2.03. The Hall–Kier alpha value is -1.09. The number of aromatic nitrogens is 1. The number of nitrogens with zero attached hydrogens (tertiary/aromatic N) is 1. The van der Waals surface area contributed by atoms with Gasteiger partial charge in [-0.15, -0.1) is 0 Å². The van der Waals surface area contributed by atoms with E-state index in [0.717, 1.165) is 30.7 Å². The van der Waals surface area contributed by atoms with E-state index < -0.39 is 0 Å². The molecule has 0 saturated carbocycles. The molecule has 0 aliphatic heterocycles. The fourth-order valence-electron chi connectivity index (χ4n) is 2.03. The highest BCUT2D eigenvalue weighted by molar-refractivity contribution is 5.24. The summed E-state index contributed by atoms with van der Waals surface area (Å²) in [6.45, 7) is 5.05. The summed E-state index contributed by atoms with van der Waals surface area (Å²) >= 11 is 0. The quantitative estimate of drug-likeness (QED) is 0.653. The largest absolute Gasteiger partial charge is 0.478 e. The lowest BCUT2D eigenvalue weighted by molar-refractivity contribution is 0.274. The number of unbranched alkanes of at least 4 members (excludes halogenated alkanes) is 5. The number of rotatable bonds is 10. The molecule has 0 unspecified atom stereocenters. The van der Waals surface area contributed by atoms with Gasteiger partial charge in [0.15, 0.2) is 0 Å². The Morgan fingerprint density at radius 3 is 2.47 bits per heavy atom. The van der Waals surface area contributed by atoms with Gasteiger partial charge >= 0.3 is 0 Å². The third-order valence-electron chi connectivity index (χ3n) is 3.21. The van der Waals surface area contributed by atoms with Crippen molar-refractivity contribution in [2.75, 3.05) is 6.61 Å². The number of aliphatic hydroxyl groups excluding tert-OH is 1. The summed E-state index contributed by atoms with van der Waals surface area (Å²) < 4.78 is 5.68. The molecule has 0 saturated heterocycles. The second-order valence-corrected chi connectivity index (χ2v) is 4.93. The van der Waals surface area contributed by atoms with Crippen LogP contribution in [0.3, 0.4) is 0 Å². The van der Waals surface area contributed by atoms with Crippen LogP contribution in [0.4, 0.5) is 0 Å². The molecule has 0 spiro atoms. The van der Waals surface area contributed by atoms with Crippen molar-refractivity contribution in [3.63, 3.8) is 0 Å². The molecule has 1 rings (SSSR count). The van der Waals surface area contributed by atoms with Gasteiger partial charge in [0.1, 0.15) is 0 Å². The number of ether oxygens (including phenoxy) is 1. The molecule has 0 atom stereocenters. The molecule has 1 aromatic rings. The van der Waals surface area contributed by atoms with Crippen molar-refractivity contribution in [1.82, 2.24) is 4.98 Å². The van der Waals surface area contributed by atoms with Crippen LogP contribution in [0.15, 0.2) is 12.1 Å². The molecular weight excluding hydrogens is 238 g/mol. The normalized spacial score (nSPS) is 10.7. The summed E-state index contributed by atoms with van der Waals surface area (Å²) in [6, 6.07) is 3.76. The van der Waals surface area contributed by atoms with Gasteiger partial charge in [-0.1, -0.05) is 46.0 Å². The highest BCUT2D eigenvalue weighted by Gasteiger charge is 2.02. The first-order valence-corrected chi connectivity index (χ1v) is 7.53. The van der Waals surface area contributed by atoms with Crippen LogP contribution in [0.1, 0.15) is 63.6 Å². The molecule has 1 N–H and O–H groups in total. The van der Waals surface area contributed by atoms with Crippen LogP contribution in [-0.4, -0.2) is 16.7 Å². The summed E-state index contributed by atoms with van der Waals surface area (Å²) in [6.07, 6.45) is 8.41. The molecule has 0 aromatic carbocycles. The lowest BCUT2D eigenvalue weighted by Crippen LogP contribution is -2.02. The van der Waals surface area contributed by atoms with Crippen LogP contribution in [0.5, 0.6) is 5.88 Å². The number of aliphatic hydroxyl groups is 1. The molecule has 0 aliphatic carbocycles. The molecule has 0 fully saturated rings. The molecule has 0 bridgehead atoms. The maximum absolute atomic E-state index is 9.19. The third-order valence-corrected chi connectivity index (χ3v) is 3.21. The van der Waals surface area contributed by atoms with Crippen molar-refractivity contribution in [2.24, 2.45) is 0 Å². The zero-order valence-electron chi connectivity index (χ0n) is 12.3. The highest BCUT2D eigenvalue weighted by Crippen LogP contribution is 2.14. The van der Waals surface area contributed by atoms with Gasteiger partial charge in [-0.3, -0.25) is 0 Å². The lowest BCUT2D eigenvalue weighted by atomic mass is 10.1. The smallest absolute Gasteiger partial charge is 0.213 e. The van der Waals surface area contributed by atoms with Gasteiger partial charge in [0, 0.05) is 11.8 Å². The van der Waals surface area contributed by atoms with Gasteiger partial charge < -0.3 is 9.84 Å². The minimum Gasteiger partial charge on any atom is -0.478 e. The summed E-state index contributed by atoms with van der Waals surface area (Å²) in [5.41, 5.74) is 1.86. The number of hydrogen-bond donors (Lipinski definition) is 1. The van der Waals surface area contributed by atoms with Crippen LogP contribution in [0, 0.1) is 0 Å². The predicted molar refractivity (Wildman–Crippen MR) is 78.4 cm³/mol. The van der Waals surface area contributed by atoms with E-state index in [1.165, 1.54) is 32.1 Å². The minimum absolute atomic E-state index is 0.0445. The maximum Gasteiger partial charge on any atom is 0.213 e. The van der Waals surface area contributed by atoms with E-state index in [1.54, 1.807) is 0 Å². The van der Waals surface area contributed by atoms with E-state index in [-0.39, 0.29) is 6.61 Å². The first kappa shape index (κ1) is 16.0. The van der Waals surface area contributed by atoms with Gasteiger partial charge in [-0.05, 0) is 24.5 Å². The minimum atomic E-state index is 0.0445. The van der Waals surface area contributed by atoms with E-state index in [4.69, 9.17) is 4.74 Å². The average molecular weight is 265 g/mol. The Labute approximate surface area is 117 Å². The van der Waals surface area contributed by atoms with Crippen molar-refractivity contribution in [2.45, 2.75) is 65.4 Å². The molecule has 0 radical (unpaired) electrons. The van der Waals surface area contributed by atoms with Gasteiger partial charge in [0.25, 0.3) is 0 Å². The standard InChI is InChI=1S/C16H27NO2/c1-3-5-6-7-8-9-10-19-16-12-14(13-18)11-15(4-2)17-16/h11-12,18H,3-10,13H2,1-2H3. The molecule has 19 heavy (non-hydrogen) atoms. The lowest BCUT2D eigenvalue weighted by Gasteiger charge is -2.08. The van der Waals surface area contributed by atoms with E-state index >= 15 is 0 Å². The Balaban J connectivity index is 2.28. The predicted octanol–water partition coefficient (Wildman–Crippen LogP) is 3.88. The van der Waals surface area contributed by atoms with Crippen LogP contribution >= 0.6 is 0 Å². The summed E-state index contributed by atoms with van der Waals surface area (Å²) in [5, 5.41) is 9.19. The SMILES string of the molecule is CCCCCCCCOc1cc(CO)cc(CC)n1. The molecule has 3 nitrogen and oxygen atoms in total. The van der Waals surface area contributed by atoms with Crippen molar-refractivity contribution in [1.29, 1.82) is 0 Å². The first-order valence-electron chi connectivity index (χ1n) is 7.53. The zero-order chi connectivity index (χ0) is 13.9. The van der Waals surface area contributed by atoms with Gasteiger partial charge in [0.05, 0.1) is 13.2 Å². The number of hydrogen-bond acceptors (Lipinski definition) is 3. The van der Waals surface area contributed by atoms with Gasteiger partial charge in [-0.25, -0.2) is 4.98 Å². The monoisotopic (exact) mass is 265 g/mol. The first-order chi connectivity index (χ1) is 9.30. The fraction of sp³-hybridized carbons (Fsp3) is 0.688. The molecule has 108 valence electrons. The van der Waals surface area contributed by atoms with E-state index in [2.05, 4.69) is 18.8 Å². The van der Waals surface area contributed by atoms with Crippen LogP contribution in [0.25, 0.3) is 0 Å². The van der Waals surface area contributed by atoms with Crippen LogP contribution in [-0.2, 0) is 13.0 Å². The topological polar surface area (TPSA) is 42.4 Å². The third kappa shape index (κ3) is 6.58. The van der Waals surface area contributed by atoms with Gasteiger partial charge in [-0.2, -0.15) is 0 Å². The Morgan fingerprint density at radius 1 is 1.05 bits per heavy atom. The Morgan fingerprint density at radius 2 is 1.79 bits per heavy atom. The summed E-state index contributed by atoms with van der Waals surface area (Å²) in [7, 11) is 0. The molecule has 1 heterocycles. The van der Waals surface area contributed by atoms with Gasteiger partial charge in [0.2, 0.25) is 5.88 Å². The molecule has 1 aromatic heterocycles. The molecule has 0 amide bonds. The molecule has 0 aliphatic rings. The maximum atomic E-state index is 9.19. The van der Waals surface area contributed by atoms with Crippen molar-refractivity contribution >= 4 is 0 Å². The Bertz CT molecular complexity index is 330. The zero-order valence-corrected chi connectivity index (χ0v) is 12.3. The van der Waals surface area contributed by atoms with E-state index in [9.17, 15) is 5.11 Å². The highest BCUT2D eigenvalue weighted by atomic mass is 16.5. The Kier molecular flexibility index (Phi) is 8.23. The molecular formula is C16H27NO2. The second kappa shape index (κ2) is 9.79. The van der Waals surface area contributed by atoms with Crippen LogP contribution in [0.2, 0.25) is 0 Å². The average Bonchev–Trinajstić information content (AvgIpc) is 2.45. The second-order valence-electron chi connectivity index (χ2n) is 4.93. The molecule has 3 heteroatoms. The summed E-state index contributed by atoms with van der Waals surface area (Å²) in [5.74, 6) is 0.650. The van der Waals surface area contributed by atoms with E-state index in [0.29, 0.717) is 5.88 Å². The van der Waals surface area contributed by atoms with Crippen molar-refractivity contribution < 1.29 is 9.84 Å². The number of aryl methyl sites for hydroxylation is 1. The van der Waals surface area contributed by atoms with Crippen molar-refractivity contribution in [3.05, 3.63) is 23.4 Å².